The van der Waals surface area contributed by atoms with E-state index in [9.17, 15) is 17.2 Å². The van der Waals surface area contributed by atoms with Gasteiger partial charge >= 0.3 is 0 Å². The zero-order chi connectivity index (χ0) is 18.2. The molecule has 1 atom stereocenters. The van der Waals surface area contributed by atoms with E-state index in [1.165, 1.54) is 0 Å². The first-order valence-electron chi connectivity index (χ1n) is 7.74. The lowest BCUT2D eigenvalue weighted by molar-refractivity contribution is 0.254. The van der Waals surface area contributed by atoms with Crippen molar-refractivity contribution >= 4 is 15.7 Å². The van der Waals surface area contributed by atoms with Crippen LogP contribution in [0.5, 0.6) is 11.5 Å². The Balaban J connectivity index is 1.98. The lowest BCUT2D eigenvalue weighted by Gasteiger charge is -2.14. The molecule has 8 heteroatoms. The third-order valence-corrected chi connectivity index (χ3v) is 5.11. The Hall–Kier alpha value is -2.35. The van der Waals surface area contributed by atoms with Gasteiger partial charge in [-0.1, -0.05) is 0 Å². The van der Waals surface area contributed by atoms with Crippen LogP contribution in [0.25, 0.3) is 0 Å². The van der Waals surface area contributed by atoms with Crippen molar-refractivity contribution < 1.29 is 26.7 Å². The van der Waals surface area contributed by atoms with E-state index < -0.39 is 21.7 Å². The largest absolute Gasteiger partial charge is 0.492 e. The number of ether oxygens (including phenoxy) is 2. The predicted octanol–water partition coefficient (Wildman–Crippen LogP) is 3.49. The molecule has 25 heavy (non-hydrogen) atoms. The van der Waals surface area contributed by atoms with E-state index in [4.69, 9.17) is 9.47 Å². The molecule has 0 aliphatic carbocycles. The zero-order valence-electron chi connectivity index (χ0n) is 13.7. The maximum absolute atomic E-state index is 13.4. The van der Waals surface area contributed by atoms with Gasteiger partial charge in [-0.3, -0.25) is 4.72 Å². The minimum Gasteiger partial charge on any atom is -0.492 e. The number of anilines is 1. The number of halogens is 2. The lowest BCUT2D eigenvalue weighted by Crippen LogP contribution is -2.14. The molecule has 1 aliphatic heterocycles. The summed E-state index contributed by atoms with van der Waals surface area (Å²) in [5, 5.41) is 0. The van der Waals surface area contributed by atoms with Gasteiger partial charge in [0.2, 0.25) is 0 Å². The van der Waals surface area contributed by atoms with Crippen LogP contribution in [0.1, 0.15) is 19.4 Å². The topological polar surface area (TPSA) is 64.6 Å². The highest BCUT2D eigenvalue weighted by molar-refractivity contribution is 7.92. The van der Waals surface area contributed by atoms with E-state index >= 15 is 0 Å². The van der Waals surface area contributed by atoms with Crippen molar-refractivity contribution in [2.75, 3.05) is 11.3 Å². The fourth-order valence-electron chi connectivity index (χ4n) is 2.64. The smallest absolute Gasteiger partial charge is 0.262 e. The van der Waals surface area contributed by atoms with Crippen LogP contribution in [-0.2, 0) is 16.4 Å². The van der Waals surface area contributed by atoms with Gasteiger partial charge in [0, 0.05) is 18.1 Å². The molecule has 0 radical (unpaired) electrons. The van der Waals surface area contributed by atoms with E-state index in [1.54, 1.807) is 19.1 Å². The lowest BCUT2D eigenvalue weighted by atomic mass is 10.1. The molecule has 1 N–H and O–H groups in total. The summed E-state index contributed by atoms with van der Waals surface area (Å²) in [5.74, 6) is -1.43. The van der Waals surface area contributed by atoms with Gasteiger partial charge < -0.3 is 9.47 Å². The van der Waals surface area contributed by atoms with Crippen molar-refractivity contribution in [2.24, 2.45) is 0 Å². The van der Waals surface area contributed by atoms with Crippen molar-refractivity contribution in [3.63, 3.8) is 0 Å². The third-order valence-electron chi connectivity index (χ3n) is 3.74. The van der Waals surface area contributed by atoms with E-state index in [1.807, 2.05) is 6.92 Å². The first-order valence-corrected chi connectivity index (χ1v) is 9.22. The van der Waals surface area contributed by atoms with E-state index in [-0.39, 0.29) is 16.7 Å². The highest BCUT2D eigenvalue weighted by atomic mass is 32.2. The molecular weight excluding hydrogens is 352 g/mol. The summed E-state index contributed by atoms with van der Waals surface area (Å²) in [5.41, 5.74) is 1.10. The highest BCUT2D eigenvalue weighted by Crippen LogP contribution is 2.38. The van der Waals surface area contributed by atoms with Crippen molar-refractivity contribution in [2.45, 2.75) is 31.3 Å². The SMILES string of the molecule is CCOc1cc2c(cc1NS(=O)(=O)c1ccc(F)c(F)c1)O[C@H](C)C2. The van der Waals surface area contributed by atoms with Gasteiger partial charge in [0.1, 0.15) is 17.6 Å². The summed E-state index contributed by atoms with van der Waals surface area (Å²) in [6.45, 7) is 4.03. The molecule has 0 fully saturated rings. The molecule has 0 saturated carbocycles. The molecule has 5 nitrogen and oxygen atoms in total. The van der Waals surface area contributed by atoms with Gasteiger partial charge in [-0.25, -0.2) is 17.2 Å². The molecule has 1 heterocycles. The van der Waals surface area contributed by atoms with Crippen LogP contribution >= 0.6 is 0 Å². The first kappa shape index (κ1) is 17.5. The van der Waals surface area contributed by atoms with Crippen molar-refractivity contribution in [3.05, 3.63) is 47.5 Å². The third kappa shape index (κ3) is 3.53. The maximum Gasteiger partial charge on any atom is 0.262 e. The van der Waals surface area contributed by atoms with Crippen LogP contribution in [0.3, 0.4) is 0 Å². The Morgan fingerprint density at radius 3 is 2.68 bits per heavy atom. The second kappa shape index (κ2) is 6.51. The summed E-state index contributed by atoms with van der Waals surface area (Å²) >= 11 is 0. The molecule has 2 aromatic carbocycles. The second-order valence-electron chi connectivity index (χ2n) is 5.70. The van der Waals surface area contributed by atoms with Crippen LogP contribution in [0.4, 0.5) is 14.5 Å². The van der Waals surface area contributed by atoms with E-state index in [0.29, 0.717) is 30.6 Å². The van der Waals surface area contributed by atoms with Gasteiger partial charge in [0.05, 0.1) is 17.2 Å². The van der Waals surface area contributed by atoms with Crippen molar-refractivity contribution in [1.29, 1.82) is 0 Å². The van der Waals surface area contributed by atoms with Crippen molar-refractivity contribution in [1.82, 2.24) is 0 Å². The summed E-state index contributed by atoms with van der Waals surface area (Å²) < 4.78 is 64.9. The molecule has 0 spiro atoms. The van der Waals surface area contributed by atoms with Crippen LogP contribution in [0, 0.1) is 11.6 Å². The molecular formula is C17H17F2NO4S. The Bertz CT molecular complexity index is 915. The molecule has 1 aliphatic rings. The molecule has 0 saturated heterocycles. The Labute approximate surface area is 144 Å². The minimum atomic E-state index is -4.12. The number of hydrogen-bond donors (Lipinski definition) is 1. The van der Waals surface area contributed by atoms with Crippen LogP contribution in [0.2, 0.25) is 0 Å². The van der Waals surface area contributed by atoms with Gasteiger partial charge in [-0.05, 0) is 38.1 Å². The number of nitrogens with one attached hydrogen (secondary N) is 1. The molecule has 2 aromatic rings. The number of hydrogen-bond acceptors (Lipinski definition) is 4. The molecule has 134 valence electrons. The fraction of sp³-hybridized carbons (Fsp3) is 0.294. The van der Waals surface area contributed by atoms with E-state index in [2.05, 4.69) is 4.72 Å². The monoisotopic (exact) mass is 369 g/mol. The standard InChI is InChI=1S/C17H17F2NO4S/c1-3-23-17-7-11-6-10(2)24-16(11)9-15(17)20-25(21,22)12-4-5-13(18)14(19)8-12/h4-5,7-10,20H,3,6H2,1-2H3/t10-/m1/s1. The normalized spacial score (nSPS) is 16.2. The Morgan fingerprint density at radius 2 is 2.00 bits per heavy atom. The summed E-state index contributed by atoms with van der Waals surface area (Å²) in [6, 6.07) is 5.66. The zero-order valence-corrected chi connectivity index (χ0v) is 14.5. The fourth-order valence-corrected chi connectivity index (χ4v) is 3.71. The Morgan fingerprint density at radius 1 is 1.24 bits per heavy atom. The molecule has 0 unspecified atom stereocenters. The predicted molar refractivity (Wildman–Crippen MR) is 88.6 cm³/mol. The molecule has 3 rings (SSSR count). The van der Waals surface area contributed by atoms with E-state index in [0.717, 1.165) is 17.7 Å². The molecule has 0 aromatic heterocycles. The average molecular weight is 369 g/mol. The molecule has 0 amide bonds. The number of sulfonamides is 1. The summed E-state index contributed by atoms with van der Waals surface area (Å²) in [6.07, 6.45) is 0.688. The summed E-state index contributed by atoms with van der Waals surface area (Å²) in [7, 11) is -4.12. The second-order valence-corrected chi connectivity index (χ2v) is 7.39. The number of fused-ring (bicyclic) bond motifs is 1. The van der Waals surface area contributed by atoms with Gasteiger partial charge in [0.15, 0.2) is 11.6 Å². The number of rotatable bonds is 5. The number of benzene rings is 2. The van der Waals surface area contributed by atoms with Crippen molar-refractivity contribution in [3.8, 4) is 11.5 Å². The van der Waals surface area contributed by atoms with Gasteiger partial charge in [-0.2, -0.15) is 0 Å². The molecule has 0 bridgehead atoms. The Kier molecular flexibility index (Phi) is 4.55. The average Bonchev–Trinajstić information content (AvgIpc) is 2.89. The first-order chi connectivity index (χ1) is 11.8. The highest BCUT2D eigenvalue weighted by Gasteiger charge is 2.24. The van der Waals surface area contributed by atoms with Gasteiger partial charge in [0.25, 0.3) is 10.0 Å². The summed E-state index contributed by atoms with van der Waals surface area (Å²) in [4.78, 5) is -0.386. The van der Waals surface area contributed by atoms with Crippen LogP contribution in [0.15, 0.2) is 35.2 Å². The van der Waals surface area contributed by atoms with Gasteiger partial charge in [-0.15, -0.1) is 0 Å². The quantitative estimate of drug-likeness (QED) is 0.876. The minimum absolute atomic E-state index is 0.0115. The van der Waals surface area contributed by atoms with Crippen LogP contribution < -0.4 is 14.2 Å². The maximum atomic E-state index is 13.4. The van der Waals surface area contributed by atoms with Crippen LogP contribution in [-0.4, -0.2) is 21.1 Å².